The molecule has 1 aromatic carbocycles. The predicted octanol–water partition coefficient (Wildman–Crippen LogP) is 1.13. The molecule has 6 heteroatoms. The molecular formula is C13H19NO4S. The molecule has 5 nitrogen and oxygen atoms in total. The molecule has 0 bridgehead atoms. The summed E-state index contributed by atoms with van der Waals surface area (Å²) in [5, 5.41) is 2.70. The topological polar surface area (TPSA) is 72.5 Å². The van der Waals surface area contributed by atoms with Crippen LogP contribution in [0.2, 0.25) is 0 Å². The Balaban J connectivity index is 2.44. The van der Waals surface area contributed by atoms with Crippen LogP contribution in [-0.2, 0) is 25.9 Å². The van der Waals surface area contributed by atoms with Gasteiger partial charge in [-0.3, -0.25) is 4.79 Å². The molecule has 0 spiro atoms. The van der Waals surface area contributed by atoms with Gasteiger partial charge in [0.1, 0.15) is 6.61 Å². The van der Waals surface area contributed by atoms with Crippen molar-refractivity contribution < 1.29 is 17.9 Å². The fourth-order valence-corrected chi connectivity index (χ4v) is 2.05. The molecule has 0 saturated heterocycles. The van der Waals surface area contributed by atoms with Crippen molar-refractivity contribution in [2.24, 2.45) is 0 Å². The third kappa shape index (κ3) is 5.85. The van der Waals surface area contributed by atoms with E-state index in [-0.39, 0.29) is 17.4 Å². The quantitative estimate of drug-likeness (QED) is 0.762. The first-order valence-corrected chi connectivity index (χ1v) is 7.96. The van der Waals surface area contributed by atoms with Crippen LogP contribution in [0, 0.1) is 0 Å². The average molecular weight is 285 g/mol. The third-order valence-electron chi connectivity index (χ3n) is 2.42. The number of carbonyl (C=O) groups excluding carboxylic acids is 1. The molecule has 106 valence electrons. The summed E-state index contributed by atoms with van der Waals surface area (Å²) in [6.45, 7) is 2.95. The van der Waals surface area contributed by atoms with E-state index in [2.05, 4.69) is 5.32 Å². The summed E-state index contributed by atoms with van der Waals surface area (Å²) in [6, 6.07) is 6.43. The highest BCUT2D eigenvalue weighted by molar-refractivity contribution is 7.90. The van der Waals surface area contributed by atoms with Crippen LogP contribution in [0.1, 0.15) is 18.9 Å². The number of rotatable bonds is 7. The van der Waals surface area contributed by atoms with Crippen LogP contribution in [0.4, 0.5) is 0 Å². The smallest absolute Gasteiger partial charge is 0.246 e. The van der Waals surface area contributed by atoms with Crippen molar-refractivity contribution in [2.45, 2.75) is 24.8 Å². The zero-order valence-electron chi connectivity index (χ0n) is 11.2. The molecule has 19 heavy (non-hydrogen) atoms. The summed E-state index contributed by atoms with van der Waals surface area (Å²) in [5.41, 5.74) is 0.844. The number of hydrogen-bond acceptors (Lipinski definition) is 4. The van der Waals surface area contributed by atoms with E-state index in [0.29, 0.717) is 13.2 Å². The van der Waals surface area contributed by atoms with E-state index in [1.807, 2.05) is 6.92 Å². The second-order valence-electron chi connectivity index (χ2n) is 4.25. The summed E-state index contributed by atoms with van der Waals surface area (Å²) >= 11 is 0. The highest BCUT2D eigenvalue weighted by atomic mass is 32.2. The molecule has 1 rings (SSSR count). The van der Waals surface area contributed by atoms with Gasteiger partial charge in [-0.15, -0.1) is 0 Å². The molecular weight excluding hydrogens is 266 g/mol. The molecule has 0 fully saturated rings. The zero-order valence-corrected chi connectivity index (χ0v) is 12.0. The first-order valence-electron chi connectivity index (χ1n) is 6.07. The number of sulfone groups is 1. The molecule has 1 amide bonds. The Hall–Kier alpha value is -1.40. The van der Waals surface area contributed by atoms with Gasteiger partial charge in [-0.1, -0.05) is 19.1 Å². The minimum atomic E-state index is -3.17. The first kappa shape index (κ1) is 15.7. The van der Waals surface area contributed by atoms with Gasteiger partial charge in [0, 0.05) is 19.4 Å². The molecule has 0 saturated carbocycles. The lowest BCUT2D eigenvalue weighted by atomic mass is 10.2. The highest BCUT2D eigenvalue weighted by Gasteiger charge is 2.06. The van der Waals surface area contributed by atoms with E-state index < -0.39 is 9.84 Å². The summed E-state index contributed by atoms with van der Waals surface area (Å²) in [7, 11) is -3.17. The number of amides is 1. The minimum Gasteiger partial charge on any atom is -0.372 e. The van der Waals surface area contributed by atoms with Crippen molar-refractivity contribution >= 4 is 15.7 Å². The Labute approximate surface area is 113 Å². The van der Waals surface area contributed by atoms with E-state index >= 15 is 0 Å². The second kappa shape index (κ2) is 7.25. The second-order valence-corrected chi connectivity index (χ2v) is 6.26. The number of ether oxygens (including phenoxy) is 1. The maximum absolute atomic E-state index is 11.4. The molecule has 0 heterocycles. The SMILES string of the molecule is CCCOCC(=O)NCc1ccc(S(C)(=O)=O)cc1. The first-order chi connectivity index (χ1) is 8.93. The Kier molecular flexibility index (Phi) is 5.98. The van der Waals surface area contributed by atoms with Gasteiger partial charge in [0.15, 0.2) is 9.84 Å². The van der Waals surface area contributed by atoms with Crippen LogP contribution < -0.4 is 5.32 Å². The Morgan fingerprint density at radius 3 is 2.42 bits per heavy atom. The largest absolute Gasteiger partial charge is 0.372 e. The van der Waals surface area contributed by atoms with Crippen molar-refractivity contribution in [1.82, 2.24) is 5.32 Å². The Morgan fingerprint density at radius 1 is 1.26 bits per heavy atom. The van der Waals surface area contributed by atoms with Gasteiger partial charge in [0.25, 0.3) is 0 Å². The third-order valence-corrected chi connectivity index (χ3v) is 3.55. The van der Waals surface area contributed by atoms with E-state index in [1.165, 1.54) is 12.1 Å². The number of benzene rings is 1. The van der Waals surface area contributed by atoms with E-state index in [9.17, 15) is 13.2 Å². The van der Waals surface area contributed by atoms with Gasteiger partial charge in [0.05, 0.1) is 4.90 Å². The van der Waals surface area contributed by atoms with E-state index in [1.54, 1.807) is 12.1 Å². The van der Waals surface area contributed by atoms with Crippen molar-refractivity contribution in [3.8, 4) is 0 Å². The summed E-state index contributed by atoms with van der Waals surface area (Å²) < 4.78 is 27.6. The maximum atomic E-state index is 11.4. The molecule has 1 N–H and O–H groups in total. The number of nitrogens with one attached hydrogen (secondary N) is 1. The standard InChI is InChI=1S/C13H19NO4S/c1-3-8-18-10-13(15)14-9-11-4-6-12(7-5-11)19(2,16)17/h4-7H,3,8-10H2,1-2H3,(H,14,15). The summed E-state index contributed by atoms with van der Waals surface area (Å²) in [5.74, 6) is -0.180. The molecule has 0 radical (unpaired) electrons. The minimum absolute atomic E-state index is 0.0509. The highest BCUT2D eigenvalue weighted by Crippen LogP contribution is 2.09. The van der Waals surface area contributed by atoms with Gasteiger partial charge in [-0.2, -0.15) is 0 Å². The van der Waals surface area contributed by atoms with Crippen molar-refractivity contribution in [1.29, 1.82) is 0 Å². The Bertz CT molecular complexity index is 508. The summed E-state index contributed by atoms with van der Waals surface area (Å²) in [4.78, 5) is 11.7. The zero-order chi connectivity index (χ0) is 14.3. The number of carbonyl (C=O) groups is 1. The molecule has 0 aromatic heterocycles. The van der Waals surface area contributed by atoms with Crippen molar-refractivity contribution in [2.75, 3.05) is 19.5 Å². The van der Waals surface area contributed by atoms with Crippen molar-refractivity contribution in [3.63, 3.8) is 0 Å². The van der Waals surface area contributed by atoms with E-state index in [0.717, 1.165) is 18.2 Å². The lowest BCUT2D eigenvalue weighted by Crippen LogP contribution is -2.27. The van der Waals surface area contributed by atoms with Crippen LogP contribution >= 0.6 is 0 Å². The molecule has 1 aromatic rings. The van der Waals surface area contributed by atoms with Crippen LogP contribution in [0.3, 0.4) is 0 Å². The molecule has 0 unspecified atom stereocenters. The van der Waals surface area contributed by atoms with E-state index in [4.69, 9.17) is 4.74 Å². The fraction of sp³-hybridized carbons (Fsp3) is 0.462. The van der Waals surface area contributed by atoms with Crippen LogP contribution in [0.15, 0.2) is 29.2 Å². The molecule has 0 atom stereocenters. The molecule has 0 aliphatic heterocycles. The molecule has 0 aliphatic carbocycles. The van der Waals surface area contributed by atoms with Gasteiger partial charge in [-0.25, -0.2) is 8.42 Å². The van der Waals surface area contributed by atoms with Crippen LogP contribution in [-0.4, -0.2) is 33.8 Å². The van der Waals surface area contributed by atoms with Gasteiger partial charge >= 0.3 is 0 Å². The maximum Gasteiger partial charge on any atom is 0.246 e. The van der Waals surface area contributed by atoms with Crippen LogP contribution in [0.5, 0.6) is 0 Å². The summed E-state index contributed by atoms with van der Waals surface area (Å²) in [6.07, 6.45) is 2.04. The normalized spacial score (nSPS) is 11.3. The average Bonchev–Trinajstić information content (AvgIpc) is 2.36. The lowest BCUT2D eigenvalue weighted by Gasteiger charge is -2.06. The molecule has 0 aliphatic rings. The lowest BCUT2D eigenvalue weighted by molar-refractivity contribution is -0.125. The number of hydrogen-bond donors (Lipinski definition) is 1. The van der Waals surface area contributed by atoms with Gasteiger partial charge in [0.2, 0.25) is 5.91 Å². The van der Waals surface area contributed by atoms with Crippen molar-refractivity contribution in [3.05, 3.63) is 29.8 Å². The van der Waals surface area contributed by atoms with Crippen LogP contribution in [0.25, 0.3) is 0 Å². The monoisotopic (exact) mass is 285 g/mol. The van der Waals surface area contributed by atoms with Gasteiger partial charge < -0.3 is 10.1 Å². The van der Waals surface area contributed by atoms with Gasteiger partial charge in [-0.05, 0) is 24.1 Å². The Morgan fingerprint density at radius 2 is 1.89 bits per heavy atom. The predicted molar refractivity (Wildman–Crippen MR) is 72.5 cm³/mol. The fourth-order valence-electron chi connectivity index (χ4n) is 1.42.